The minimum absolute atomic E-state index is 0.0885. The van der Waals surface area contributed by atoms with Gasteiger partial charge in [0.05, 0.1) is 6.61 Å². The Morgan fingerprint density at radius 1 is 1.31 bits per heavy atom. The molecule has 1 saturated carbocycles. The number of hydrogen-bond acceptors (Lipinski definition) is 2. The minimum atomic E-state index is -0.0885. The van der Waals surface area contributed by atoms with E-state index < -0.39 is 0 Å². The first kappa shape index (κ1) is 11.5. The van der Waals surface area contributed by atoms with Crippen LogP contribution in [-0.4, -0.2) is 6.61 Å². The second-order valence-electron chi connectivity index (χ2n) is 4.77. The van der Waals surface area contributed by atoms with Gasteiger partial charge in [0.15, 0.2) is 0 Å². The first-order valence-electron chi connectivity index (χ1n) is 6.18. The normalized spacial score (nSPS) is 18.7. The number of hydrogen-bond donors (Lipinski definition) is 1. The molecule has 2 N–H and O–H groups in total. The summed E-state index contributed by atoms with van der Waals surface area (Å²) in [5.41, 5.74) is 8.94. The zero-order valence-electron chi connectivity index (χ0n) is 10.3. The lowest BCUT2D eigenvalue weighted by atomic mass is 9.86. The van der Waals surface area contributed by atoms with Gasteiger partial charge in [-0.25, -0.2) is 0 Å². The highest BCUT2D eigenvalue weighted by Crippen LogP contribution is 2.38. The first-order chi connectivity index (χ1) is 7.65. The van der Waals surface area contributed by atoms with E-state index in [0.717, 1.165) is 18.6 Å². The van der Waals surface area contributed by atoms with Crippen molar-refractivity contribution in [1.29, 1.82) is 0 Å². The predicted molar refractivity (Wildman–Crippen MR) is 66.7 cm³/mol. The third-order valence-electron chi connectivity index (χ3n) is 3.54. The van der Waals surface area contributed by atoms with Crippen molar-refractivity contribution in [2.75, 3.05) is 6.61 Å². The highest BCUT2D eigenvalue weighted by atomic mass is 16.5. The molecule has 1 aromatic rings. The summed E-state index contributed by atoms with van der Waals surface area (Å²) in [6.45, 7) is 4.85. The van der Waals surface area contributed by atoms with Gasteiger partial charge < -0.3 is 10.5 Å². The molecule has 0 aliphatic heterocycles. The van der Waals surface area contributed by atoms with Gasteiger partial charge in [-0.05, 0) is 49.9 Å². The van der Waals surface area contributed by atoms with Gasteiger partial charge in [0, 0.05) is 5.54 Å². The summed E-state index contributed by atoms with van der Waals surface area (Å²) in [4.78, 5) is 0. The first-order valence-corrected chi connectivity index (χ1v) is 6.18. The van der Waals surface area contributed by atoms with Crippen molar-refractivity contribution in [3.63, 3.8) is 0 Å². The molecule has 0 saturated heterocycles. The maximum absolute atomic E-state index is 6.46. The molecule has 0 aromatic heterocycles. The number of rotatable bonds is 3. The second kappa shape index (κ2) is 4.46. The summed E-state index contributed by atoms with van der Waals surface area (Å²) < 4.78 is 5.50. The van der Waals surface area contributed by atoms with Crippen molar-refractivity contribution < 1.29 is 4.74 Å². The highest BCUT2D eigenvalue weighted by Gasteiger charge is 2.32. The Morgan fingerprint density at radius 2 is 2.00 bits per heavy atom. The number of aryl methyl sites for hydroxylation is 1. The van der Waals surface area contributed by atoms with E-state index in [-0.39, 0.29) is 5.54 Å². The van der Waals surface area contributed by atoms with E-state index >= 15 is 0 Å². The Balaban J connectivity index is 2.28. The fourth-order valence-electron chi connectivity index (χ4n) is 2.73. The van der Waals surface area contributed by atoms with Crippen LogP contribution in [0, 0.1) is 6.92 Å². The van der Waals surface area contributed by atoms with E-state index in [1.165, 1.54) is 24.0 Å². The molecule has 1 aromatic carbocycles. The monoisotopic (exact) mass is 219 g/mol. The molecule has 0 heterocycles. The van der Waals surface area contributed by atoms with E-state index in [0.29, 0.717) is 6.61 Å². The Bertz CT molecular complexity index is 367. The fourth-order valence-corrected chi connectivity index (χ4v) is 2.73. The van der Waals surface area contributed by atoms with Crippen molar-refractivity contribution in [3.8, 4) is 5.75 Å². The lowest BCUT2D eigenvalue weighted by molar-refractivity contribution is 0.339. The lowest BCUT2D eigenvalue weighted by Crippen LogP contribution is -2.33. The lowest BCUT2D eigenvalue weighted by Gasteiger charge is -2.26. The van der Waals surface area contributed by atoms with Gasteiger partial charge >= 0.3 is 0 Å². The van der Waals surface area contributed by atoms with Gasteiger partial charge in [0.2, 0.25) is 0 Å². The topological polar surface area (TPSA) is 35.2 Å². The largest absolute Gasteiger partial charge is 0.494 e. The van der Waals surface area contributed by atoms with E-state index in [1.54, 1.807) is 0 Å². The summed E-state index contributed by atoms with van der Waals surface area (Å²) >= 11 is 0. The Kier molecular flexibility index (Phi) is 3.20. The molecular formula is C14H21NO. The zero-order valence-corrected chi connectivity index (χ0v) is 10.3. The molecule has 1 fully saturated rings. The second-order valence-corrected chi connectivity index (χ2v) is 4.77. The molecule has 88 valence electrons. The van der Waals surface area contributed by atoms with Crippen molar-refractivity contribution in [2.45, 2.75) is 45.1 Å². The Labute approximate surface area is 97.8 Å². The summed E-state index contributed by atoms with van der Waals surface area (Å²) in [5.74, 6) is 0.949. The smallest absolute Gasteiger partial charge is 0.119 e. The summed E-state index contributed by atoms with van der Waals surface area (Å²) in [5, 5.41) is 0. The van der Waals surface area contributed by atoms with Gasteiger partial charge in [0.25, 0.3) is 0 Å². The minimum Gasteiger partial charge on any atom is -0.494 e. The number of benzene rings is 1. The van der Waals surface area contributed by atoms with Gasteiger partial charge in [-0.3, -0.25) is 0 Å². The van der Waals surface area contributed by atoms with Crippen LogP contribution in [0.2, 0.25) is 0 Å². The molecule has 2 rings (SSSR count). The maximum Gasteiger partial charge on any atom is 0.119 e. The van der Waals surface area contributed by atoms with Gasteiger partial charge in [-0.2, -0.15) is 0 Å². The van der Waals surface area contributed by atoms with Gasteiger partial charge in [0.1, 0.15) is 5.75 Å². The van der Waals surface area contributed by atoms with Crippen LogP contribution >= 0.6 is 0 Å². The number of nitrogens with two attached hydrogens (primary N) is 1. The third-order valence-corrected chi connectivity index (χ3v) is 3.54. The number of ether oxygens (including phenoxy) is 1. The molecule has 0 spiro atoms. The Hall–Kier alpha value is -1.02. The van der Waals surface area contributed by atoms with E-state index in [1.807, 2.05) is 13.0 Å². The quantitative estimate of drug-likeness (QED) is 0.847. The molecule has 0 amide bonds. The van der Waals surface area contributed by atoms with Crippen molar-refractivity contribution in [3.05, 3.63) is 29.3 Å². The highest BCUT2D eigenvalue weighted by molar-refractivity contribution is 5.39. The van der Waals surface area contributed by atoms with E-state index in [9.17, 15) is 0 Å². The zero-order chi connectivity index (χ0) is 11.6. The summed E-state index contributed by atoms with van der Waals surface area (Å²) in [6.07, 6.45) is 4.73. The van der Waals surface area contributed by atoms with Crippen LogP contribution in [-0.2, 0) is 5.54 Å². The van der Waals surface area contributed by atoms with Crippen LogP contribution in [0.25, 0.3) is 0 Å². The molecule has 2 heteroatoms. The van der Waals surface area contributed by atoms with Gasteiger partial charge in [-0.1, -0.05) is 18.9 Å². The van der Waals surface area contributed by atoms with E-state index in [4.69, 9.17) is 10.5 Å². The predicted octanol–water partition coefficient (Wildman–Crippen LogP) is 3.12. The molecule has 1 aliphatic rings. The molecule has 0 bridgehead atoms. The van der Waals surface area contributed by atoms with Crippen molar-refractivity contribution >= 4 is 0 Å². The maximum atomic E-state index is 6.46. The van der Waals surface area contributed by atoms with Crippen molar-refractivity contribution in [2.24, 2.45) is 5.73 Å². The van der Waals surface area contributed by atoms with E-state index in [2.05, 4.69) is 19.1 Å². The molecule has 0 radical (unpaired) electrons. The standard InChI is InChI=1S/C14H21NO/c1-3-16-12-6-7-13(11(2)10-12)14(15)8-4-5-9-14/h6-7,10H,3-5,8-9,15H2,1-2H3. The average molecular weight is 219 g/mol. The molecular weight excluding hydrogens is 198 g/mol. The fraction of sp³-hybridized carbons (Fsp3) is 0.571. The molecule has 2 nitrogen and oxygen atoms in total. The molecule has 0 unspecified atom stereocenters. The molecule has 1 aliphatic carbocycles. The van der Waals surface area contributed by atoms with Crippen LogP contribution in [0.4, 0.5) is 0 Å². The SMILES string of the molecule is CCOc1ccc(C2(N)CCCC2)c(C)c1. The van der Waals surface area contributed by atoms with Crippen LogP contribution in [0.1, 0.15) is 43.7 Å². The third kappa shape index (κ3) is 2.07. The van der Waals surface area contributed by atoms with Crippen LogP contribution in [0.15, 0.2) is 18.2 Å². The molecule has 16 heavy (non-hydrogen) atoms. The van der Waals surface area contributed by atoms with Gasteiger partial charge in [-0.15, -0.1) is 0 Å². The van der Waals surface area contributed by atoms with Crippen LogP contribution in [0.3, 0.4) is 0 Å². The summed E-state index contributed by atoms with van der Waals surface area (Å²) in [7, 11) is 0. The van der Waals surface area contributed by atoms with Crippen LogP contribution in [0.5, 0.6) is 5.75 Å². The Morgan fingerprint density at radius 3 is 2.56 bits per heavy atom. The average Bonchev–Trinajstić information content (AvgIpc) is 2.66. The van der Waals surface area contributed by atoms with Crippen LogP contribution < -0.4 is 10.5 Å². The molecule has 0 atom stereocenters. The summed E-state index contributed by atoms with van der Waals surface area (Å²) in [6, 6.07) is 6.29. The van der Waals surface area contributed by atoms with Crippen molar-refractivity contribution in [1.82, 2.24) is 0 Å².